The van der Waals surface area contributed by atoms with E-state index in [4.69, 9.17) is 0 Å². The first kappa shape index (κ1) is 15.5. The standard InChI is InChI=1S/C18H22N4O/c1-3-4-10-21(2)18(23)15-12-20-17(13-19-15)22-11-9-14-7-5-6-8-16(14)22/h5-8,12-13H,3-4,9-11H2,1-2H3. The molecule has 0 saturated carbocycles. The SMILES string of the molecule is CCCCN(C)C(=O)c1cnc(N2CCc3ccccc32)cn1. The van der Waals surface area contributed by atoms with Gasteiger partial charge in [-0.2, -0.15) is 0 Å². The number of unbranched alkanes of at least 4 members (excludes halogenated alkanes) is 1. The average molecular weight is 310 g/mol. The number of nitrogens with zero attached hydrogens (tertiary/aromatic N) is 4. The Morgan fingerprint density at radius 3 is 2.83 bits per heavy atom. The van der Waals surface area contributed by atoms with Crippen LogP contribution in [-0.2, 0) is 6.42 Å². The fourth-order valence-electron chi connectivity index (χ4n) is 2.84. The van der Waals surface area contributed by atoms with E-state index in [2.05, 4.69) is 40.0 Å². The summed E-state index contributed by atoms with van der Waals surface area (Å²) in [6.07, 6.45) is 6.36. The number of rotatable bonds is 5. The minimum absolute atomic E-state index is 0.0701. The summed E-state index contributed by atoms with van der Waals surface area (Å²) in [6, 6.07) is 8.33. The molecule has 0 N–H and O–H groups in total. The van der Waals surface area contributed by atoms with Crippen LogP contribution in [0.4, 0.5) is 11.5 Å². The summed E-state index contributed by atoms with van der Waals surface area (Å²) in [5.41, 5.74) is 2.91. The van der Waals surface area contributed by atoms with Crippen molar-refractivity contribution in [1.29, 1.82) is 0 Å². The van der Waals surface area contributed by atoms with Gasteiger partial charge in [0.15, 0.2) is 5.82 Å². The largest absolute Gasteiger partial charge is 0.340 e. The molecule has 120 valence electrons. The molecule has 0 spiro atoms. The Balaban J connectivity index is 1.74. The third-order valence-corrected chi connectivity index (χ3v) is 4.21. The lowest BCUT2D eigenvalue weighted by molar-refractivity contribution is 0.0787. The third kappa shape index (κ3) is 3.18. The van der Waals surface area contributed by atoms with Crippen LogP contribution in [0.1, 0.15) is 35.8 Å². The number of para-hydroxylation sites is 1. The number of benzene rings is 1. The minimum atomic E-state index is -0.0701. The van der Waals surface area contributed by atoms with Gasteiger partial charge in [-0.3, -0.25) is 4.79 Å². The van der Waals surface area contributed by atoms with Crippen molar-refractivity contribution >= 4 is 17.4 Å². The molecule has 1 aromatic heterocycles. The van der Waals surface area contributed by atoms with Gasteiger partial charge in [0.2, 0.25) is 0 Å². The molecule has 5 nitrogen and oxygen atoms in total. The zero-order valence-corrected chi connectivity index (χ0v) is 13.7. The summed E-state index contributed by atoms with van der Waals surface area (Å²) in [4.78, 5) is 24.9. The highest BCUT2D eigenvalue weighted by Gasteiger charge is 2.21. The topological polar surface area (TPSA) is 49.3 Å². The number of carbonyl (C=O) groups is 1. The number of aromatic nitrogens is 2. The van der Waals surface area contributed by atoms with Gasteiger partial charge in [-0.1, -0.05) is 31.5 Å². The second-order valence-electron chi connectivity index (χ2n) is 5.87. The summed E-state index contributed by atoms with van der Waals surface area (Å²) in [5, 5.41) is 0. The van der Waals surface area contributed by atoms with Gasteiger partial charge in [-0.25, -0.2) is 9.97 Å². The van der Waals surface area contributed by atoms with Crippen molar-refractivity contribution in [3.05, 3.63) is 47.9 Å². The molecule has 5 heteroatoms. The monoisotopic (exact) mass is 310 g/mol. The summed E-state index contributed by atoms with van der Waals surface area (Å²) >= 11 is 0. The predicted octanol–water partition coefficient (Wildman–Crippen LogP) is 3.04. The molecule has 0 atom stereocenters. The van der Waals surface area contributed by atoms with Gasteiger partial charge in [0.1, 0.15) is 5.69 Å². The van der Waals surface area contributed by atoms with Crippen molar-refractivity contribution in [2.24, 2.45) is 0 Å². The molecule has 0 aliphatic carbocycles. The summed E-state index contributed by atoms with van der Waals surface area (Å²) in [6.45, 7) is 3.76. The van der Waals surface area contributed by atoms with Crippen LogP contribution in [0.15, 0.2) is 36.7 Å². The Bertz CT molecular complexity index is 684. The van der Waals surface area contributed by atoms with Gasteiger partial charge in [-0.05, 0) is 24.5 Å². The molecular weight excluding hydrogens is 288 g/mol. The fraction of sp³-hybridized carbons (Fsp3) is 0.389. The van der Waals surface area contributed by atoms with Crippen LogP contribution in [0.3, 0.4) is 0 Å². The first-order valence-corrected chi connectivity index (χ1v) is 8.13. The molecule has 0 radical (unpaired) electrons. The molecule has 0 fully saturated rings. The van der Waals surface area contributed by atoms with E-state index in [1.807, 2.05) is 13.1 Å². The van der Waals surface area contributed by atoms with Gasteiger partial charge in [0.25, 0.3) is 5.91 Å². The zero-order valence-electron chi connectivity index (χ0n) is 13.7. The third-order valence-electron chi connectivity index (χ3n) is 4.21. The quantitative estimate of drug-likeness (QED) is 0.851. The highest BCUT2D eigenvalue weighted by Crippen LogP contribution is 2.32. The smallest absolute Gasteiger partial charge is 0.273 e. The molecule has 2 heterocycles. The molecule has 0 unspecified atom stereocenters. The first-order chi connectivity index (χ1) is 11.2. The highest BCUT2D eigenvalue weighted by atomic mass is 16.2. The molecule has 1 amide bonds. The predicted molar refractivity (Wildman–Crippen MR) is 91.1 cm³/mol. The number of hydrogen-bond acceptors (Lipinski definition) is 4. The molecule has 23 heavy (non-hydrogen) atoms. The first-order valence-electron chi connectivity index (χ1n) is 8.13. The summed E-state index contributed by atoms with van der Waals surface area (Å²) in [7, 11) is 1.81. The molecule has 3 rings (SSSR count). The Morgan fingerprint density at radius 2 is 2.09 bits per heavy atom. The van der Waals surface area contributed by atoms with E-state index in [1.165, 1.54) is 11.3 Å². The maximum absolute atomic E-state index is 12.3. The molecular formula is C18H22N4O. The molecule has 1 aliphatic rings. The van der Waals surface area contributed by atoms with Gasteiger partial charge in [-0.15, -0.1) is 0 Å². The van der Waals surface area contributed by atoms with Crippen LogP contribution in [0, 0.1) is 0 Å². The Kier molecular flexibility index (Phi) is 4.55. The lowest BCUT2D eigenvalue weighted by Gasteiger charge is -2.19. The van der Waals surface area contributed by atoms with Crippen molar-refractivity contribution in [1.82, 2.24) is 14.9 Å². The van der Waals surface area contributed by atoms with Gasteiger partial charge in [0, 0.05) is 25.8 Å². The van der Waals surface area contributed by atoms with Crippen LogP contribution in [0.5, 0.6) is 0 Å². The van der Waals surface area contributed by atoms with Gasteiger partial charge >= 0.3 is 0 Å². The van der Waals surface area contributed by atoms with Gasteiger partial charge < -0.3 is 9.80 Å². The van der Waals surface area contributed by atoms with Crippen molar-refractivity contribution in [3.8, 4) is 0 Å². The number of carbonyl (C=O) groups excluding carboxylic acids is 1. The average Bonchev–Trinajstić information content (AvgIpc) is 3.03. The van der Waals surface area contributed by atoms with E-state index in [1.54, 1.807) is 17.3 Å². The minimum Gasteiger partial charge on any atom is -0.340 e. The molecule has 1 aromatic carbocycles. The fourth-order valence-corrected chi connectivity index (χ4v) is 2.84. The second kappa shape index (κ2) is 6.77. The number of fused-ring (bicyclic) bond motifs is 1. The van der Waals surface area contributed by atoms with Crippen molar-refractivity contribution in [2.75, 3.05) is 25.0 Å². The lowest BCUT2D eigenvalue weighted by Crippen LogP contribution is -2.28. The van der Waals surface area contributed by atoms with Crippen molar-refractivity contribution in [3.63, 3.8) is 0 Å². The van der Waals surface area contributed by atoms with E-state index in [0.29, 0.717) is 5.69 Å². The second-order valence-corrected chi connectivity index (χ2v) is 5.87. The summed E-state index contributed by atoms with van der Waals surface area (Å²) in [5.74, 6) is 0.724. The Labute approximate surface area is 137 Å². The molecule has 1 aliphatic heterocycles. The van der Waals surface area contributed by atoms with Crippen LogP contribution in [0.2, 0.25) is 0 Å². The Hall–Kier alpha value is -2.43. The van der Waals surface area contributed by atoms with E-state index in [-0.39, 0.29) is 5.91 Å². The zero-order chi connectivity index (χ0) is 16.2. The Morgan fingerprint density at radius 1 is 1.26 bits per heavy atom. The lowest BCUT2D eigenvalue weighted by atomic mass is 10.2. The van der Waals surface area contributed by atoms with Crippen molar-refractivity contribution < 1.29 is 4.79 Å². The number of hydrogen-bond donors (Lipinski definition) is 0. The van der Waals surface area contributed by atoms with E-state index >= 15 is 0 Å². The number of amides is 1. The maximum atomic E-state index is 12.3. The van der Waals surface area contributed by atoms with Crippen LogP contribution >= 0.6 is 0 Å². The highest BCUT2D eigenvalue weighted by molar-refractivity contribution is 5.92. The van der Waals surface area contributed by atoms with E-state index in [9.17, 15) is 4.79 Å². The van der Waals surface area contributed by atoms with Gasteiger partial charge in [0.05, 0.1) is 12.4 Å². The molecule has 0 bridgehead atoms. The van der Waals surface area contributed by atoms with Crippen LogP contribution < -0.4 is 4.90 Å². The molecule has 0 saturated heterocycles. The van der Waals surface area contributed by atoms with Crippen LogP contribution in [-0.4, -0.2) is 40.9 Å². The van der Waals surface area contributed by atoms with Crippen molar-refractivity contribution in [2.45, 2.75) is 26.2 Å². The maximum Gasteiger partial charge on any atom is 0.273 e. The number of anilines is 2. The summed E-state index contributed by atoms with van der Waals surface area (Å²) < 4.78 is 0. The van der Waals surface area contributed by atoms with Crippen LogP contribution in [0.25, 0.3) is 0 Å². The molecule has 2 aromatic rings. The normalized spacial score (nSPS) is 13.0. The van der Waals surface area contributed by atoms with E-state index in [0.717, 1.165) is 38.2 Å². The van der Waals surface area contributed by atoms with E-state index < -0.39 is 0 Å².